The van der Waals surface area contributed by atoms with Gasteiger partial charge in [0, 0.05) is 25.1 Å². The largest absolute Gasteiger partial charge is 0.457 e. The standard InChI is InChI=1S/C21H21N3O6S2/c25-17(15-5-7-16(8-6-15)32(27,28)24-11-1-2-12-24)14-29-20(26)10-9-19-22-21(23-30-19)18-4-3-13-31-18/h3-8,13H,1-2,9-12,14H2. The maximum atomic E-state index is 12.5. The third-order valence-corrected chi connectivity index (χ3v) is 7.77. The number of carbonyl (C=O) groups is 2. The number of nitrogens with zero attached hydrogens (tertiary/aromatic N) is 3. The van der Waals surface area contributed by atoms with Crippen LogP contribution < -0.4 is 0 Å². The molecule has 4 rings (SSSR count). The number of thiophene rings is 1. The van der Waals surface area contributed by atoms with Crippen molar-refractivity contribution in [2.75, 3.05) is 19.7 Å². The van der Waals surface area contributed by atoms with Crippen molar-refractivity contribution in [3.8, 4) is 10.7 Å². The van der Waals surface area contributed by atoms with Crippen molar-refractivity contribution < 1.29 is 27.3 Å². The number of hydrogen-bond donors (Lipinski definition) is 0. The molecule has 0 radical (unpaired) electrons. The zero-order valence-electron chi connectivity index (χ0n) is 17.1. The van der Waals surface area contributed by atoms with E-state index < -0.39 is 28.4 Å². The smallest absolute Gasteiger partial charge is 0.306 e. The Morgan fingerprint density at radius 3 is 2.56 bits per heavy atom. The summed E-state index contributed by atoms with van der Waals surface area (Å²) in [5, 5.41) is 5.77. The zero-order chi connectivity index (χ0) is 22.6. The van der Waals surface area contributed by atoms with Gasteiger partial charge in [0.25, 0.3) is 0 Å². The molecule has 2 aromatic heterocycles. The van der Waals surface area contributed by atoms with E-state index in [1.165, 1.54) is 39.9 Å². The van der Waals surface area contributed by atoms with E-state index in [2.05, 4.69) is 10.1 Å². The molecule has 0 saturated carbocycles. The molecule has 1 aliphatic rings. The predicted octanol–water partition coefficient (Wildman–Crippen LogP) is 2.94. The fourth-order valence-corrected chi connectivity index (χ4v) is 5.43. The van der Waals surface area contributed by atoms with E-state index >= 15 is 0 Å². The highest BCUT2D eigenvalue weighted by Crippen LogP contribution is 2.22. The Labute approximate surface area is 189 Å². The van der Waals surface area contributed by atoms with E-state index in [1.54, 1.807) is 0 Å². The topological polar surface area (TPSA) is 120 Å². The van der Waals surface area contributed by atoms with Crippen LogP contribution in [0.5, 0.6) is 0 Å². The minimum atomic E-state index is -3.54. The summed E-state index contributed by atoms with van der Waals surface area (Å²) < 4.78 is 36.7. The van der Waals surface area contributed by atoms with Crippen LogP contribution in [0.4, 0.5) is 0 Å². The van der Waals surface area contributed by atoms with Gasteiger partial charge in [0.2, 0.25) is 21.7 Å². The van der Waals surface area contributed by atoms with Crippen LogP contribution >= 0.6 is 11.3 Å². The number of aromatic nitrogens is 2. The first-order chi connectivity index (χ1) is 15.4. The van der Waals surface area contributed by atoms with E-state index in [9.17, 15) is 18.0 Å². The van der Waals surface area contributed by atoms with Gasteiger partial charge in [0.05, 0.1) is 16.2 Å². The number of Topliss-reactive ketones (excluding diaryl/α,β-unsaturated/α-hetero) is 1. The molecule has 0 N–H and O–H groups in total. The van der Waals surface area contributed by atoms with Crippen LogP contribution in [0.2, 0.25) is 0 Å². The minimum Gasteiger partial charge on any atom is -0.457 e. The Hall–Kier alpha value is -2.89. The number of carbonyl (C=O) groups excluding carboxylic acids is 2. The predicted molar refractivity (Wildman–Crippen MR) is 116 cm³/mol. The van der Waals surface area contributed by atoms with Crippen molar-refractivity contribution in [2.24, 2.45) is 0 Å². The second-order valence-corrected chi connectivity index (χ2v) is 10.1. The second-order valence-electron chi connectivity index (χ2n) is 7.21. The number of hydrogen-bond acceptors (Lipinski definition) is 9. The van der Waals surface area contributed by atoms with Crippen LogP contribution in [0.1, 0.15) is 35.5 Å². The summed E-state index contributed by atoms with van der Waals surface area (Å²) in [6, 6.07) is 9.43. The van der Waals surface area contributed by atoms with E-state index in [0.29, 0.717) is 24.8 Å². The molecule has 0 atom stereocenters. The Balaban J connectivity index is 1.25. The summed E-state index contributed by atoms with van der Waals surface area (Å²) in [4.78, 5) is 29.5. The first-order valence-corrected chi connectivity index (χ1v) is 12.4. The molecular formula is C21H21N3O6S2. The van der Waals surface area contributed by atoms with Crippen molar-refractivity contribution in [2.45, 2.75) is 30.6 Å². The molecule has 0 bridgehead atoms. The third kappa shape index (κ3) is 5.12. The average molecular weight is 476 g/mol. The summed E-state index contributed by atoms with van der Waals surface area (Å²) in [6.07, 6.45) is 1.90. The molecule has 32 heavy (non-hydrogen) atoms. The van der Waals surface area contributed by atoms with Gasteiger partial charge in [-0.05, 0) is 48.6 Å². The Morgan fingerprint density at radius 2 is 1.88 bits per heavy atom. The van der Waals surface area contributed by atoms with Crippen LogP contribution in [-0.4, -0.2) is 54.3 Å². The van der Waals surface area contributed by atoms with Crippen LogP contribution in [0.15, 0.2) is 51.2 Å². The van der Waals surface area contributed by atoms with E-state index in [1.807, 2.05) is 17.5 Å². The lowest BCUT2D eigenvalue weighted by Crippen LogP contribution is -2.27. The highest BCUT2D eigenvalue weighted by Gasteiger charge is 2.27. The SMILES string of the molecule is O=C(CCc1nc(-c2cccs2)no1)OCC(=O)c1ccc(S(=O)(=O)N2CCCC2)cc1. The molecule has 0 unspecified atom stereocenters. The Kier molecular flexibility index (Phi) is 6.77. The molecule has 3 heterocycles. The fourth-order valence-electron chi connectivity index (χ4n) is 3.26. The first kappa shape index (κ1) is 22.3. The van der Waals surface area contributed by atoms with Crippen LogP contribution in [0, 0.1) is 0 Å². The lowest BCUT2D eigenvalue weighted by Gasteiger charge is -2.15. The molecule has 0 amide bonds. The molecule has 1 aromatic carbocycles. The zero-order valence-corrected chi connectivity index (χ0v) is 18.7. The Bertz CT molecular complexity index is 1180. The average Bonchev–Trinajstić information content (AvgIpc) is 3.58. The van der Waals surface area contributed by atoms with Crippen molar-refractivity contribution in [1.82, 2.24) is 14.4 Å². The maximum absolute atomic E-state index is 12.5. The lowest BCUT2D eigenvalue weighted by molar-refractivity contribution is -0.142. The normalized spacial score (nSPS) is 14.5. The number of aryl methyl sites for hydroxylation is 1. The summed E-state index contributed by atoms with van der Waals surface area (Å²) in [7, 11) is -3.54. The highest BCUT2D eigenvalue weighted by atomic mass is 32.2. The van der Waals surface area contributed by atoms with Crippen molar-refractivity contribution >= 4 is 33.1 Å². The van der Waals surface area contributed by atoms with E-state index in [-0.39, 0.29) is 23.3 Å². The van der Waals surface area contributed by atoms with Gasteiger partial charge in [-0.3, -0.25) is 9.59 Å². The number of benzene rings is 1. The fraction of sp³-hybridized carbons (Fsp3) is 0.333. The molecule has 0 spiro atoms. The third-order valence-electron chi connectivity index (χ3n) is 5.00. The van der Waals surface area contributed by atoms with Crippen LogP contribution in [-0.2, 0) is 26.0 Å². The molecule has 3 aromatic rings. The summed E-state index contributed by atoms with van der Waals surface area (Å²) in [5.74, 6) is -0.205. The van der Waals surface area contributed by atoms with Crippen LogP contribution in [0.3, 0.4) is 0 Å². The van der Waals surface area contributed by atoms with Gasteiger partial charge < -0.3 is 9.26 Å². The van der Waals surface area contributed by atoms with Crippen molar-refractivity contribution in [1.29, 1.82) is 0 Å². The van der Waals surface area contributed by atoms with Crippen LogP contribution in [0.25, 0.3) is 10.7 Å². The van der Waals surface area contributed by atoms with Gasteiger partial charge in [-0.2, -0.15) is 9.29 Å². The quantitative estimate of drug-likeness (QED) is 0.342. The number of sulfonamides is 1. The molecular weight excluding hydrogens is 454 g/mol. The van der Waals surface area contributed by atoms with E-state index in [4.69, 9.17) is 9.26 Å². The maximum Gasteiger partial charge on any atom is 0.306 e. The summed E-state index contributed by atoms with van der Waals surface area (Å²) in [6.45, 7) is 0.594. The minimum absolute atomic E-state index is 0.00757. The first-order valence-electron chi connectivity index (χ1n) is 10.1. The number of ketones is 1. The molecule has 11 heteroatoms. The summed E-state index contributed by atoms with van der Waals surface area (Å²) in [5.41, 5.74) is 0.274. The number of esters is 1. The Morgan fingerprint density at radius 1 is 1.12 bits per heavy atom. The van der Waals surface area contributed by atoms with Gasteiger partial charge >= 0.3 is 5.97 Å². The van der Waals surface area contributed by atoms with Gasteiger partial charge in [-0.25, -0.2) is 8.42 Å². The number of ether oxygens (including phenoxy) is 1. The van der Waals surface area contributed by atoms with E-state index in [0.717, 1.165) is 17.7 Å². The van der Waals surface area contributed by atoms with Gasteiger partial charge in [0.15, 0.2) is 12.4 Å². The second kappa shape index (κ2) is 9.72. The molecule has 168 valence electrons. The van der Waals surface area contributed by atoms with Crippen molar-refractivity contribution in [3.63, 3.8) is 0 Å². The lowest BCUT2D eigenvalue weighted by atomic mass is 10.1. The van der Waals surface area contributed by atoms with Crippen molar-refractivity contribution in [3.05, 3.63) is 53.2 Å². The monoisotopic (exact) mass is 475 g/mol. The molecule has 0 aliphatic carbocycles. The molecule has 1 fully saturated rings. The summed E-state index contributed by atoms with van der Waals surface area (Å²) >= 11 is 1.48. The van der Waals surface area contributed by atoms with Gasteiger partial charge in [-0.15, -0.1) is 11.3 Å². The highest BCUT2D eigenvalue weighted by molar-refractivity contribution is 7.89. The van der Waals surface area contributed by atoms with Gasteiger partial charge in [0.1, 0.15) is 0 Å². The molecule has 1 saturated heterocycles. The molecule has 1 aliphatic heterocycles. The van der Waals surface area contributed by atoms with Gasteiger partial charge in [-0.1, -0.05) is 11.2 Å². The number of rotatable bonds is 9. The molecule has 9 nitrogen and oxygen atoms in total.